The van der Waals surface area contributed by atoms with Gasteiger partial charge in [0.25, 0.3) is 0 Å². The number of fused-ring (bicyclic) bond motifs is 1. The first-order chi connectivity index (χ1) is 13.7. The molecule has 0 aliphatic carbocycles. The molecule has 4 rings (SSSR count). The maximum Gasteiger partial charge on any atom is 0.222 e. The third kappa shape index (κ3) is 3.87. The van der Waals surface area contributed by atoms with E-state index in [1.807, 2.05) is 32.2 Å². The Hall–Kier alpha value is -2.47. The molecule has 2 atom stereocenters. The van der Waals surface area contributed by atoms with Gasteiger partial charge in [-0.15, -0.1) is 0 Å². The summed E-state index contributed by atoms with van der Waals surface area (Å²) in [5.74, 6) is 2.61. The molecule has 3 heterocycles. The van der Waals surface area contributed by atoms with Crippen molar-refractivity contribution < 1.29 is 4.79 Å². The van der Waals surface area contributed by atoms with Gasteiger partial charge in [-0.1, -0.05) is 30.3 Å². The number of piperidine rings is 2. The van der Waals surface area contributed by atoms with Crippen LogP contribution in [0, 0.1) is 12.8 Å². The first-order valence-electron chi connectivity index (χ1n) is 10.3. The Balaban J connectivity index is 1.53. The van der Waals surface area contributed by atoms with E-state index >= 15 is 0 Å². The number of nitrogens with zero attached hydrogens (tertiary/aromatic N) is 4. The first kappa shape index (κ1) is 18.9. The van der Waals surface area contributed by atoms with Crippen molar-refractivity contribution in [2.24, 2.45) is 5.92 Å². The van der Waals surface area contributed by atoms with Crippen LogP contribution in [0.2, 0.25) is 0 Å². The van der Waals surface area contributed by atoms with E-state index in [1.54, 1.807) is 0 Å². The van der Waals surface area contributed by atoms with Crippen LogP contribution in [0.15, 0.2) is 36.4 Å². The van der Waals surface area contributed by atoms with E-state index in [1.165, 1.54) is 0 Å². The lowest BCUT2D eigenvalue weighted by Gasteiger charge is -2.47. The Kier molecular flexibility index (Phi) is 5.57. The van der Waals surface area contributed by atoms with Crippen molar-refractivity contribution in [1.82, 2.24) is 20.2 Å². The number of aromatic nitrogens is 2. The third-order valence-corrected chi connectivity index (χ3v) is 5.94. The minimum Gasteiger partial charge on any atom is -0.356 e. The van der Waals surface area contributed by atoms with Gasteiger partial charge in [-0.2, -0.15) is 0 Å². The largest absolute Gasteiger partial charge is 0.356 e. The number of carbonyl (C=O) groups excluding carboxylic acids is 1. The number of aryl methyl sites for hydroxylation is 1. The number of hydrogen-bond acceptors (Lipinski definition) is 5. The predicted molar refractivity (Wildman–Crippen MR) is 111 cm³/mol. The molecule has 1 aromatic heterocycles. The van der Waals surface area contributed by atoms with E-state index in [-0.39, 0.29) is 0 Å². The molecule has 6 heteroatoms. The molecule has 0 bridgehead atoms. The summed E-state index contributed by atoms with van der Waals surface area (Å²) in [4.78, 5) is 26.4. The van der Waals surface area contributed by atoms with Crippen LogP contribution in [-0.4, -0.2) is 60.0 Å². The molecular weight excluding hydrogens is 350 g/mol. The van der Waals surface area contributed by atoms with Gasteiger partial charge in [-0.05, 0) is 32.7 Å². The Labute approximate surface area is 167 Å². The molecule has 2 aliphatic rings. The fraction of sp³-hybridized carbons (Fsp3) is 0.500. The standard InChI is InChI=1S/C22H29N5O/c1-16-14-20(25-22(24-16)17-6-4-3-5-7-17)26-12-10-19-18(15-26)8-9-21(28)27(19)13-11-23-2/h3-7,14,18-19,23H,8-13,15H2,1-2H3/t18-,19+/m0/s1. The highest BCUT2D eigenvalue weighted by molar-refractivity contribution is 5.77. The van der Waals surface area contributed by atoms with E-state index in [0.717, 1.165) is 61.9 Å². The highest BCUT2D eigenvalue weighted by Gasteiger charge is 2.39. The molecule has 2 fully saturated rings. The number of rotatable bonds is 5. The lowest BCUT2D eigenvalue weighted by molar-refractivity contribution is -0.139. The van der Waals surface area contributed by atoms with Crippen molar-refractivity contribution in [2.45, 2.75) is 32.2 Å². The molecule has 28 heavy (non-hydrogen) atoms. The molecule has 0 saturated carbocycles. The zero-order valence-electron chi connectivity index (χ0n) is 16.8. The Morgan fingerprint density at radius 2 is 2.00 bits per heavy atom. The van der Waals surface area contributed by atoms with Crippen molar-refractivity contribution in [1.29, 1.82) is 0 Å². The van der Waals surface area contributed by atoms with Gasteiger partial charge >= 0.3 is 0 Å². The number of likely N-dealkylation sites (N-methyl/N-ethyl adjacent to an activating group) is 1. The van der Waals surface area contributed by atoms with Crippen LogP contribution in [0.4, 0.5) is 5.82 Å². The number of anilines is 1. The Morgan fingerprint density at radius 3 is 2.79 bits per heavy atom. The summed E-state index contributed by atoms with van der Waals surface area (Å²) < 4.78 is 0. The molecule has 2 aliphatic heterocycles. The second kappa shape index (κ2) is 8.27. The van der Waals surface area contributed by atoms with E-state index in [9.17, 15) is 4.79 Å². The minimum atomic E-state index is 0.314. The lowest BCUT2D eigenvalue weighted by Crippen LogP contribution is -2.57. The van der Waals surface area contributed by atoms with Gasteiger partial charge in [0.2, 0.25) is 5.91 Å². The molecule has 0 radical (unpaired) electrons. The molecule has 148 valence electrons. The second-order valence-corrected chi connectivity index (χ2v) is 7.85. The fourth-order valence-corrected chi connectivity index (χ4v) is 4.51. The summed E-state index contributed by atoms with van der Waals surface area (Å²) in [6.07, 6.45) is 2.65. The SMILES string of the molecule is CNCCN1C(=O)CC[C@H]2CN(c3cc(C)nc(-c4ccccc4)n3)CC[C@H]21. The van der Waals surface area contributed by atoms with Crippen LogP contribution >= 0.6 is 0 Å². The number of nitrogens with one attached hydrogen (secondary N) is 1. The van der Waals surface area contributed by atoms with Gasteiger partial charge in [0.1, 0.15) is 5.82 Å². The monoisotopic (exact) mass is 379 g/mol. The zero-order chi connectivity index (χ0) is 19.5. The number of likely N-dealkylation sites (tertiary alicyclic amines) is 1. The van der Waals surface area contributed by atoms with Crippen molar-refractivity contribution >= 4 is 11.7 Å². The molecule has 6 nitrogen and oxygen atoms in total. The van der Waals surface area contributed by atoms with Crippen molar-refractivity contribution in [2.75, 3.05) is 38.1 Å². The van der Waals surface area contributed by atoms with E-state index in [2.05, 4.69) is 38.3 Å². The average molecular weight is 380 g/mol. The highest BCUT2D eigenvalue weighted by Crippen LogP contribution is 2.33. The summed E-state index contributed by atoms with van der Waals surface area (Å²) in [5.41, 5.74) is 2.03. The molecule has 1 amide bonds. The molecule has 1 N–H and O–H groups in total. The number of benzene rings is 1. The van der Waals surface area contributed by atoms with E-state index in [4.69, 9.17) is 4.98 Å². The minimum absolute atomic E-state index is 0.314. The van der Waals surface area contributed by atoms with Gasteiger partial charge in [0, 0.05) is 56.0 Å². The zero-order valence-corrected chi connectivity index (χ0v) is 16.8. The molecule has 0 unspecified atom stereocenters. The number of amides is 1. The van der Waals surface area contributed by atoms with Crippen LogP contribution in [0.3, 0.4) is 0 Å². The second-order valence-electron chi connectivity index (χ2n) is 7.85. The third-order valence-electron chi connectivity index (χ3n) is 5.94. The Bertz CT molecular complexity index is 825. The maximum absolute atomic E-state index is 12.4. The fourth-order valence-electron chi connectivity index (χ4n) is 4.51. The topological polar surface area (TPSA) is 61.4 Å². The van der Waals surface area contributed by atoms with E-state index < -0.39 is 0 Å². The molecule has 2 saturated heterocycles. The number of hydrogen-bond donors (Lipinski definition) is 1. The normalized spacial score (nSPS) is 22.3. The maximum atomic E-state index is 12.4. The van der Waals surface area contributed by atoms with Crippen LogP contribution in [0.1, 0.15) is 25.0 Å². The smallest absolute Gasteiger partial charge is 0.222 e. The lowest BCUT2D eigenvalue weighted by atomic mass is 9.83. The summed E-state index contributed by atoms with van der Waals surface area (Å²) in [6, 6.07) is 12.6. The molecule has 2 aromatic rings. The highest BCUT2D eigenvalue weighted by atomic mass is 16.2. The van der Waals surface area contributed by atoms with Crippen LogP contribution in [0.5, 0.6) is 0 Å². The van der Waals surface area contributed by atoms with Gasteiger partial charge in [0.15, 0.2) is 5.82 Å². The van der Waals surface area contributed by atoms with Gasteiger partial charge < -0.3 is 15.1 Å². The molecule has 0 spiro atoms. The first-order valence-corrected chi connectivity index (χ1v) is 10.3. The predicted octanol–water partition coefficient (Wildman–Crippen LogP) is 2.49. The summed E-state index contributed by atoms with van der Waals surface area (Å²) in [5, 5.41) is 3.17. The van der Waals surface area contributed by atoms with Gasteiger partial charge in [0.05, 0.1) is 0 Å². The molecule has 1 aromatic carbocycles. The van der Waals surface area contributed by atoms with Gasteiger partial charge in [-0.3, -0.25) is 4.79 Å². The van der Waals surface area contributed by atoms with Crippen LogP contribution in [0.25, 0.3) is 11.4 Å². The summed E-state index contributed by atoms with van der Waals surface area (Å²) in [7, 11) is 1.94. The average Bonchev–Trinajstić information content (AvgIpc) is 2.73. The van der Waals surface area contributed by atoms with Crippen LogP contribution in [-0.2, 0) is 4.79 Å². The van der Waals surface area contributed by atoms with E-state index in [0.29, 0.717) is 24.3 Å². The summed E-state index contributed by atoms with van der Waals surface area (Å²) in [6.45, 7) is 5.57. The van der Waals surface area contributed by atoms with Gasteiger partial charge in [-0.25, -0.2) is 9.97 Å². The molecular formula is C22H29N5O. The Morgan fingerprint density at radius 1 is 1.18 bits per heavy atom. The van der Waals surface area contributed by atoms with Crippen LogP contribution < -0.4 is 10.2 Å². The number of carbonyl (C=O) groups is 1. The quantitative estimate of drug-likeness (QED) is 0.865. The summed E-state index contributed by atoms with van der Waals surface area (Å²) >= 11 is 0. The van der Waals surface area contributed by atoms with Crippen molar-refractivity contribution in [3.05, 3.63) is 42.1 Å². The van der Waals surface area contributed by atoms with Crippen molar-refractivity contribution in [3.63, 3.8) is 0 Å². The van der Waals surface area contributed by atoms with Crippen molar-refractivity contribution in [3.8, 4) is 11.4 Å².